The topological polar surface area (TPSA) is 121 Å². The molecule has 2 aromatic carbocycles. The number of amides is 2. The lowest BCUT2D eigenvalue weighted by molar-refractivity contribution is 0.213. The number of fused-ring (bicyclic) bond motifs is 1. The van der Waals surface area contributed by atoms with Crippen LogP contribution in [0.4, 0.5) is 10.5 Å². The van der Waals surface area contributed by atoms with Gasteiger partial charge in [0.05, 0.1) is 18.0 Å². The number of nitrogens with two attached hydrogens (primary N) is 1. The average Bonchev–Trinajstić information content (AvgIpc) is 3.20. The number of anilines is 1. The van der Waals surface area contributed by atoms with Crippen LogP contribution in [0.1, 0.15) is 6.42 Å². The van der Waals surface area contributed by atoms with Crippen LogP contribution in [0.3, 0.4) is 0 Å². The van der Waals surface area contributed by atoms with E-state index in [9.17, 15) is 4.79 Å². The standard InChI is InChI=1S/C20H21N5O4/c1-27-17-8-15-16(9-18(17)28-14-5-6-22-10-14)23-11-24-19(15)29-13-4-2-3-12(7-13)25-20(21)26/h2-4,7-9,11,14,22H,5-6,10H2,1H3,(H3,21,25,26). The van der Waals surface area contributed by atoms with Gasteiger partial charge in [0, 0.05) is 24.4 Å². The third kappa shape index (κ3) is 4.30. The number of hydrogen-bond acceptors (Lipinski definition) is 7. The van der Waals surface area contributed by atoms with Gasteiger partial charge in [0.15, 0.2) is 11.5 Å². The molecule has 1 aromatic heterocycles. The molecule has 4 rings (SSSR count). The van der Waals surface area contributed by atoms with Crippen molar-refractivity contribution in [3.8, 4) is 23.1 Å². The molecule has 1 unspecified atom stereocenters. The van der Waals surface area contributed by atoms with Gasteiger partial charge in [-0.05, 0) is 31.2 Å². The first-order valence-corrected chi connectivity index (χ1v) is 9.17. The van der Waals surface area contributed by atoms with E-state index in [0.717, 1.165) is 19.5 Å². The molecule has 1 aliphatic rings. The Bertz CT molecular complexity index is 1040. The third-order valence-corrected chi connectivity index (χ3v) is 4.51. The lowest BCUT2D eigenvalue weighted by atomic mass is 10.2. The minimum atomic E-state index is -0.649. The number of aromatic nitrogens is 2. The minimum Gasteiger partial charge on any atom is -0.493 e. The zero-order chi connectivity index (χ0) is 20.2. The summed E-state index contributed by atoms with van der Waals surface area (Å²) in [4.78, 5) is 19.6. The molecule has 1 aliphatic heterocycles. The fourth-order valence-electron chi connectivity index (χ4n) is 3.17. The summed E-state index contributed by atoms with van der Waals surface area (Å²) in [6.45, 7) is 1.74. The molecule has 2 heterocycles. The summed E-state index contributed by atoms with van der Waals surface area (Å²) >= 11 is 0. The molecule has 150 valence electrons. The number of primary amides is 1. The molecular weight excluding hydrogens is 374 g/mol. The van der Waals surface area contributed by atoms with Crippen LogP contribution in [0.5, 0.6) is 23.1 Å². The second-order valence-electron chi connectivity index (χ2n) is 6.55. The Balaban J connectivity index is 1.65. The highest BCUT2D eigenvalue weighted by atomic mass is 16.5. The molecule has 2 amide bonds. The lowest BCUT2D eigenvalue weighted by Crippen LogP contribution is -2.19. The van der Waals surface area contributed by atoms with E-state index in [1.165, 1.54) is 6.33 Å². The molecule has 9 nitrogen and oxygen atoms in total. The van der Waals surface area contributed by atoms with E-state index in [1.54, 1.807) is 37.4 Å². The first-order chi connectivity index (χ1) is 14.1. The van der Waals surface area contributed by atoms with Crippen LogP contribution in [-0.2, 0) is 0 Å². The van der Waals surface area contributed by atoms with Crippen molar-refractivity contribution >= 4 is 22.6 Å². The highest BCUT2D eigenvalue weighted by Crippen LogP contribution is 2.37. The minimum absolute atomic E-state index is 0.0967. The van der Waals surface area contributed by atoms with Crippen molar-refractivity contribution in [3.05, 3.63) is 42.7 Å². The highest BCUT2D eigenvalue weighted by molar-refractivity contribution is 5.88. The summed E-state index contributed by atoms with van der Waals surface area (Å²) in [6.07, 6.45) is 2.46. The molecule has 3 aromatic rings. The predicted molar refractivity (Wildman–Crippen MR) is 108 cm³/mol. The molecule has 0 aliphatic carbocycles. The molecule has 0 radical (unpaired) electrons. The summed E-state index contributed by atoms with van der Waals surface area (Å²) in [6, 6.07) is 9.83. The molecular formula is C20H21N5O4. The molecule has 4 N–H and O–H groups in total. The van der Waals surface area contributed by atoms with Gasteiger partial charge in [0.25, 0.3) is 0 Å². The van der Waals surface area contributed by atoms with E-state index in [0.29, 0.717) is 39.7 Å². The monoisotopic (exact) mass is 395 g/mol. The second kappa shape index (κ2) is 8.19. The Morgan fingerprint density at radius 3 is 2.90 bits per heavy atom. The van der Waals surface area contributed by atoms with Crippen LogP contribution in [-0.4, -0.2) is 42.3 Å². The van der Waals surface area contributed by atoms with Crippen molar-refractivity contribution in [2.24, 2.45) is 5.73 Å². The van der Waals surface area contributed by atoms with Crippen molar-refractivity contribution in [2.45, 2.75) is 12.5 Å². The highest BCUT2D eigenvalue weighted by Gasteiger charge is 2.20. The normalized spacial score (nSPS) is 15.8. The van der Waals surface area contributed by atoms with Crippen molar-refractivity contribution in [2.75, 3.05) is 25.5 Å². The number of urea groups is 1. The maximum Gasteiger partial charge on any atom is 0.316 e. The van der Waals surface area contributed by atoms with E-state index >= 15 is 0 Å². The van der Waals surface area contributed by atoms with Crippen LogP contribution in [0.15, 0.2) is 42.7 Å². The maximum absolute atomic E-state index is 11.1. The fourth-order valence-corrected chi connectivity index (χ4v) is 3.17. The van der Waals surface area contributed by atoms with Gasteiger partial charge in [0.1, 0.15) is 18.2 Å². The van der Waals surface area contributed by atoms with Crippen molar-refractivity contribution in [1.29, 1.82) is 0 Å². The van der Waals surface area contributed by atoms with Gasteiger partial charge in [-0.2, -0.15) is 0 Å². The molecule has 9 heteroatoms. The van der Waals surface area contributed by atoms with Gasteiger partial charge < -0.3 is 30.6 Å². The van der Waals surface area contributed by atoms with Gasteiger partial charge in [-0.1, -0.05) is 6.07 Å². The number of rotatable bonds is 6. The smallest absolute Gasteiger partial charge is 0.316 e. The maximum atomic E-state index is 11.1. The van der Waals surface area contributed by atoms with E-state index in [2.05, 4.69) is 20.6 Å². The molecule has 0 spiro atoms. The molecule has 29 heavy (non-hydrogen) atoms. The van der Waals surface area contributed by atoms with E-state index in [-0.39, 0.29) is 6.10 Å². The lowest BCUT2D eigenvalue weighted by Gasteiger charge is -2.16. The van der Waals surface area contributed by atoms with Crippen molar-refractivity contribution < 1.29 is 19.0 Å². The summed E-state index contributed by atoms with van der Waals surface area (Å²) in [5.74, 6) is 2.06. The van der Waals surface area contributed by atoms with Crippen molar-refractivity contribution in [1.82, 2.24) is 15.3 Å². The summed E-state index contributed by atoms with van der Waals surface area (Å²) in [5, 5.41) is 6.46. The SMILES string of the molecule is COc1cc2c(Oc3cccc(NC(N)=O)c3)ncnc2cc1OC1CCNC1. The Labute approximate surface area is 167 Å². The predicted octanol–water partition coefficient (Wildman–Crippen LogP) is 2.66. The largest absolute Gasteiger partial charge is 0.493 e. The molecule has 1 atom stereocenters. The van der Waals surface area contributed by atoms with Gasteiger partial charge in [-0.25, -0.2) is 14.8 Å². The number of hydrogen-bond donors (Lipinski definition) is 3. The Morgan fingerprint density at radius 2 is 2.14 bits per heavy atom. The van der Waals surface area contributed by atoms with Crippen LogP contribution in [0.2, 0.25) is 0 Å². The molecule has 0 saturated carbocycles. The number of methoxy groups -OCH3 is 1. The zero-order valence-corrected chi connectivity index (χ0v) is 15.8. The van der Waals surface area contributed by atoms with E-state index in [4.69, 9.17) is 19.9 Å². The third-order valence-electron chi connectivity index (χ3n) is 4.51. The van der Waals surface area contributed by atoms with Gasteiger partial charge in [0.2, 0.25) is 5.88 Å². The Morgan fingerprint density at radius 1 is 1.24 bits per heavy atom. The van der Waals surface area contributed by atoms with Crippen LogP contribution in [0, 0.1) is 0 Å². The van der Waals surface area contributed by atoms with Gasteiger partial charge >= 0.3 is 6.03 Å². The molecule has 1 saturated heterocycles. The Hall–Kier alpha value is -3.59. The Kier molecular flexibility index (Phi) is 5.30. The first kappa shape index (κ1) is 18.8. The average molecular weight is 395 g/mol. The quantitative estimate of drug-likeness (QED) is 0.587. The summed E-state index contributed by atoms with van der Waals surface area (Å²) in [7, 11) is 1.59. The number of carbonyl (C=O) groups excluding carboxylic acids is 1. The van der Waals surface area contributed by atoms with Crippen LogP contribution < -0.4 is 30.6 Å². The number of benzene rings is 2. The van der Waals surface area contributed by atoms with Crippen molar-refractivity contribution in [3.63, 3.8) is 0 Å². The number of nitrogens with one attached hydrogen (secondary N) is 2. The van der Waals surface area contributed by atoms with E-state index < -0.39 is 6.03 Å². The fraction of sp³-hybridized carbons (Fsp3) is 0.250. The second-order valence-corrected chi connectivity index (χ2v) is 6.55. The number of nitrogens with zero attached hydrogens (tertiary/aromatic N) is 2. The summed E-state index contributed by atoms with van der Waals surface area (Å²) in [5.41, 5.74) is 6.35. The van der Waals surface area contributed by atoms with E-state index in [1.807, 2.05) is 6.07 Å². The van der Waals surface area contributed by atoms with Crippen LogP contribution in [0.25, 0.3) is 10.9 Å². The summed E-state index contributed by atoms with van der Waals surface area (Å²) < 4.78 is 17.5. The molecule has 1 fully saturated rings. The first-order valence-electron chi connectivity index (χ1n) is 9.17. The van der Waals surface area contributed by atoms with Gasteiger partial charge in [-0.3, -0.25) is 0 Å². The van der Waals surface area contributed by atoms with Gasteiger partial charge in [-0.15, -0.1) is 0 Å². The number of carbonyl (C=O) groups is 1. The number of ether oxygens (including phenoxy) is 3. The molecule has 0 bridgehead atoms. The van der Waals surface area contributed by atoms with Crippen LogP contribution >= 0.6 is 0 Å². The zero-order valence-electron chi connectivity index (χ0n) is 15.8.